The number of thiophene rings is 1. The average molecular weight is 300 g/mol. The second-order valence-electron chi connectivity index (χ2n) is 3.54. The molecule has 0 spiro atoms. The van der Waals surface area contributed by atoms with Crippen LogP contribution in [0.1, 0.15) is 30.0 Å². The monoisotopic (exact) mass is 299 g/mol. The van der Waals surface area contributed by atoms with E-state index in [1.165, 1.54) is 4.88 Å². The van der Waals surface area contributed by atoms with Crippen molar-refractivity contribution in [3.05, 3.63) is 45.0 Å². The van der Waals surface area contributed by atoms with E-state index in [0.717, 1.165) is 22.5 Å². The number of nitrogens with one attached hydrogen (secondary N) is 1. The van der Waals surface area contributed by atoms with E-state index in [2.05, 4.69) is 40.3 Å². The van der Waals surface area contributed by atoms with Gasteiger partial charge >= 0.3 is 0 Å². The highest BCUT2D eigenvalue weighted by molar-refractivity contribution is 9.11. The third-order valence-corrected chi connectivity index (χ3v) is 3.99. The van der Waals surface area contributed by atoms with Gasteiger partial charge < -0.3 is 9.73 Å². The zero-order valence-corrected chi connectivity index (χ0v) is 11.5. The van der Waals surface area contributed by atoms with E-state index in [1.807, 2.05) is 12.1 Å². The Morgan fingerprint density at radius 1 is 1.44 bits per heavy atom. The fourth-order valence-electron chi connectivity index (χ4n) is 1.57. The summed E-state index contributed by atoms with van der Waals surface area (Å²) >= 11 is 5.23. The quantitative estimate of drug-likeness (QED) is 0.895. The van der Waals surface area contributed by atoms with Gasteiger partial charge in [-0.25, -0.2) is 0 Å². The first-order valence-electron chi connectivity index (χ1n) is 5.33. The summed E-state index contributed by atoms with van der Waals surface area (Å²) in [7, 11) is 0. The van der Waals surface area contributed by atoms with Crippen molar-refractivity contribution in [3.8, 4) is 0 Å². The topological polar surface area (TPSA) is 25.2 Å². The SMILES string of the molecule is CCCNC(c1ccco1)c1ccc(Br)s1. The van der Waals surface area contributed by atoms with Gasteiger partial charge in [0.05, 0.1) is 10.0 Å². The minimum absolute atomic E-state index is 0.172. The normalized spacial score (nSPS) is 12.9. The maximum absolute atomic E-state index is 5.49. The van der Waals surface area contributed by atoms with Crippen molar-refractivity contribution in [2.45, 2.75) is 19.4 Å². The predicted molar refractivity (Wildman–Crippen MR) is 70.9 cm³/mol. The molecule has 2 heterocycles. The van der Waals surface area contributed by atoms with Crippen LogP contribution in [0.4, 0.5) is 0 Å². The molecule has 0 amide bonds. The molecule has 0 aliphatic rings. The van der Waals surface area contributed by atoms with Crippen LogP contribution in [-0.4, -0.2) is 6.54 Å². The van der Waals surface area contributed by atoms with Gasteiger partial charge in [0.2, 0.25) is 0 Å². The van der Waals surface area contributed by atoms with Crippen LogP contribution >= 0.6 is 27.3 Å². The lowest BCUT2D eigenvalue weighted by Gasteiger charge is -2.14. The van der Waals surface area contributed by atoms with Gasteiger partial charge in [0, 0.05) is 4.88 Å². The van der Waals surface area contributed by atoms with Crippen molar-refractivity contribution < 1.29 is 4.42 Å². The van der Waals surface area contributed by atoms with Gasteiger partial charge in [-0.2, -0.15) is 0 Å². The molecule has 1 atom stereocenters. The molecule has 0 aliphatic heterocycles. The van der Waals surface area contributed by atoms with Crippen molar-refractivity contribution >= 4 is 27.3 Å². The molecule has 86 valence electrons. The second kappa shape index (κ2) is 5.66. The third-order valence-electron chi connectivity index (χ3n) is 2.30. The summed E-state index contributed by atoms with van der Waals surface area (Å²) in [5.74, 6) is 0.975. The van der Waals surface area contributed by atoms with Crippen LogP contribution in [-0.2, 0) is 0 Å². The van der Waals surface area contributed by atoms with Crippen molar-refractivity contribution in [2.75, 3.05) is 6.54 Å². The first-order chi connectivity index (χ1) is 7.81. The van der Waals surface area contributed by atoms with Gasteiger partial charge in [0.25, 0.3) is 0 Å². The van der Waals surface area contributed by atoms with E-state index >= 15 is 0 Å². The first kappa shape index (κ1) is 11.9. The molecule has 2 nitrogen and oxygen atoms in total. The summed E-state index contributed by atoms with van der Waals surface area (Å²) in [5.41, 5.74) is 0. The lowest BCUT2D eigenvalue weighted by atomic mass is 10.2. The summed E-state index contributed by atoms with van der Waals surface area (Å²) < 4.78 is 6.64. The zero-order chi connectivity index (χ0) is 11.4. The molecule has 0 radical (unpaired) electrons. The van der Waals surface area contributed by atoms with Gasteiger partial charge in [-0.1, -0.05) is 6.92 Å². The van der Waals surface area contributed by atoms with Crippen LogP contribution in [0.15, 0.2) is 38.7 Å². The standard InChI is InChI=1S/C12H14BrNOS/c1-2-7-14-12(9-4-3-8-15-9)10-5-6-11(13)16-10/h3-6,8,12,14H,2,7H2,1H3. The largest absolute Gasteiger partial charge is 0.467 e. The molecule has 0 aliphatic carbocycles. The Bertz CT molecular complexity index is 424. The summed E-state index contributed by atoms with van der Waals surface area (Å²) in [6.07, 6.45) is 2.84. The number of rotatable bonds is 5. The van der Waals surface area contributed by atoms with Crippen LogP contribution in [0.5, 0.6) is 0 Å². The molecular formula is C12H14BrNOS. The summed E-state index contributed by atoms with van der Waals surface area (Å²) in [6, 6.07) is 8.32. The highest BCUT2D eigenvalue weighted by atomic mass is 79.9. The lowest BCUT2D eigenvalue weighted by molar-refractivity contribution is 0.450. The number of furan rings is 1. The van der Waals surface area contributed by atoms with Crippen LogP contribution < -0.4 is 5.32 Å². The fourth-order valence-corrected chi connectivity index (χ4v) is 3.08. The molecule has 1 N–H and O–H groups in total. The Morgan fingerprint density at radius 3 is 2.88 bits per heavy atom. The van der Waals surface area contributed by atoms with Gasteiger partial charge in [0.1, 0.15) is 11.8 Å². The average Bonchev–Trinajstić information content (AvgIpc) is 2.91. The van der Waals surface area contributed by atoms with Crippen LogP contribution in [0.3, 0.4) is 0 Å². The number of hydrogen-bond donors (Lipinski definition) is 1. The lowest BCUT2D eigenvalue weighted by Crippen LogP contribution is -2.21. The zero-order valence-electron chi connectivity index (χ0n) is 9.07. The maximum Gasteiger partial charge on any atom is 0.126 e. The minimum atomic E-state index is 0.172. The second-order valence-corrected chi connectivity index (χ2v) is 6.04. The molecule has 0 bridgehead atoms. The Balaban J connectivity index is 2.21. The fraction of sp³-hybridized carbons (Fsp3) is 0.333. The molecule has 0 saturated carbocycles. The van der Waals surface area contributed by atoms with E-state index in [1.54, 1.807) is 17.6 Å². The van der Waals surface area contributed by atoms with Gasteiger partial charge in [-0.3, -0.25) is 0 Å². The molecule has 0 fully saturated rings. The Kier molecular flexibility index (Phi) is 4.21. The van der Waals surface area contributed by atoms with Gasteiger partial charge in [-0.05, 0) is 53.2 Å². The van der Waals surface area contributed by atoms with Crippen LogP contribution in [0, 0.1) is 0 Å². The number of hydrogen-bond acceptors (Lipinski definition) is 3. The molecule has 4 heteroatoms. The smallest absolute Gasteiger partial charge is 0.126 e. The van der Waals surface area contributed by atoms with E-state index in [9.17, 15) is 0 Å². The molecule has 2 aromatic heterocycles. The molecular weight excluding hydrogens is 286 g/mol. The molecule has 2 aromatic rings. The highest BCUT2D eigenvalue weighted by Crippen LogP contribution is 2.31. The van der Waals surface area contributed by atoms with Crippen molar-refractivity contribution in [1.82, 2.24) is 5.32 Å². The van der Waals surface area contributed by atoms with E-state index in [4.69, 9.17) is 4.42 Å². The molecule has 0 saturated heterocycles. The molecule has 2 rings (SSSR count). The molecule has 1 unspecified atom stereocenters. The first-order valence-corrected chi connectivity index (χ1v) is 6.94. The molecule has 16 heavy (non-hydrogen) atoms. The highest BCUT2D eigenvalue weighted by Gasteiger charge is 2.17. The Morgan fingerprint density at radius 2 is 2.31 bits per heavy atom. The Labute approximate surface area is 108 Å². The van der Waals surface area contributed by atoms with E-state index < -0.39 is 0 Å². The maximum atomic E-state index is 5.49. The summed E-state index contributed by atoms with van der Waals surface area (Å²) in [5, 5.41) is 3.50. The predicted octanol–water partition coefficient (Wildman–Crippen LogP) is 4.19. The summed E-state index contributed by atoms with van der Waals surface area (Å²) in [6.45, 7) is 3.15. The minimum Gasteiger partial charge on any atom is -0.467 e. The molecule has 0 aromatic carbocycles. The number of halogens is 1. The van der Waals surface area contributed by atoms with Crippen molar-refractivity contribution in [1.29, 1.82) is 0 Å². The van der Waals surface area contributed by atoms with Crippen LogP contribution in [0.25, 0.3) is 0 Å². The van der Waals surface area contributed by atoms with E-state index in [0.29, 0.717) is 0 Å². The summed E-state index contributed by atoms with van der Waals surface area (Å²) in [4.78, 5) is 1.27. The van der Waals surface area contributed by atoms with E-state index in [-0.39, 0.29) is 6.04 Å². The van der Waals surface area contributed by atoms with Crippen LogP contribution in [0.2, 0.25) is 0 Å². The third kappa shape index (κ3) is 2.75. The van der Waals surface area contributed by atoms with Crippen molar-refractivity contribution in [3.63, 3.8) is 0 Å². The van der Waals surface area contributed by atoms with Crippen molar-refractivity contribution in [2.24, 2.45) is 0 Å². The van der Waals surface area contributed by atoms with Gasteiger partial charge in [0.15, 0.2) is 0 Å². The van der Waals surface area contributed by atoms with Gasteiger partial charge in [-0.15, -0.1) is 11.3 Å². The Hall–Kier alpha value is -0.580.